The van der Waals surface area contributed by atoms with Crippen molar-refractivity contribution in [1.29, 1.82) is 0 Å². The van der Waals surface area contributed by atoms with Crippen LogP contribution < -0.4 is 11.5 Å². The Morgan fingerprint density at radius 2 is 2.20 bits per heavy atom. The van der Waals surface area contributed by atoms with Crippen LogP contribution in [0.1, 0.15) is 10.4 Å². The van der Waals surface area contributed by atoms with Crippen LogP contribution in [0.2, 0.25) is 0 Å². The number of nitrogens with two attached hydrogens (primary N) is 2. The molecule has 1 aliphatic heterocycles. The van der Waals surface area contributed by atoms with Crippen molar-refractivity contribution in [2.24, 2.45) is 5.73 Å². The summed E-state index contributed by atoms with van der Waals surface area (Å²) in [6.07, 6.45) is 0. The van der Waals surface area contributed by atoms with Crippen LogP contribution in [0.5, 0.6) is 0 Å². The molecule has 4 nitrogen and oxygen atoms in total. The van der Waals surface area contributed by atoms with Gasteiger partial charge in [-0.05, 0) is 18.2 Å². The van der Waals surface area contributed by atoms with E-state index in [2.05, 4.69) is 0 Å². The van der Waals surface area contributed by atoms with E-state index in [1.807, 2.05) is 6.07 Å². The molecule has 1 amide bonds. The highest BCUT2D eigenvalue weighted by atomic mass is 32.2. The molecule has 0 unspecified atom stereocenters. The minimum atomic E-state index is -0.486. The first-order chi connectivity index (χ1) is 7.16. The van der Waals surface area contributed by atoms with Gasteiger partial charge < -0.3 is 16.2 Å². The van der Waals surface area contributed by atoms with Gasteiger partial charge in [0, 0.05) is 10.6 Å². The van der Waals surface area contributed by atoms with Gasteiger partial charge in [0.1, 0.15) is 0 Å². The van der Waals surface area contributed by atoms with Crippen LogP contribution >= 0.6 is 11.8 Å². The second kappa shape index (κ2) is 4.12. The van der Waals surface area contributed by atoms with Gasteiger partial charge in [-0.1, -0.05) is 0 Å². The number of ether oxygens (including phenoxy) is 1. The molecule has 2 rings (SSSR count). The van der Waals surface area contributed by atoms with Crippen molar-refractivity contribution in [3.8, 4) is 0 Å². The van der Waals surface area contributed by atoms with Crippen LogP contribution in [-0.4, -0.2) is 24.4 Å². The molecule has 5 heteroatoms. The number of rotatable bonds is 3. The van der Waals surface area contributed by atoms with E-state index in [9.17, 15) is 4.79 Å². The van der Waals surface area contributed by atoms with Crippen LogP contribution in [0.25, 0.3) is 0 Å². The maximum Gasteiger partial charge on any atom is 0.250 e. The molecule has 80 valence electrons. The first kappa shape index (κ1) is 10.3. The first-order valence-electron chi connectivity index (χ1n) is 4.60. The molecule has 0 saturated carbocycles. The van der Waals surface area contributed by atoms with Gasteiger partial charge in [0.25, 0.3) is 5.91 Å². The Morgan fingerprint density at radius 3 is 2.73 bits per heavy atom. The first-order valence-corrected chi connectivity index (χ1v) is 5.48. The summed E-state index contributed by atoms with van der Waals surface area (Å²) < 4.78 is 5.07. The highest BCUT2D eigenvalue weighted by Crippen LogP contribution is 2.29. The minimum absolute atomic E-state index is 0.389. The molecule has 1 aliphatic rings. The number of hydrogen-bond donors (Lipinski definition) is 2. The summed E-state index contributed by atoms with van der Waals surface area (Å²) in [5, 5.41) is 0.481. The highest BCUT2D eigenvalue weighted by Gasteiger charge is 2.20. The monoisotopic (exact) mass is 224 g/mol. The highest BCUT2D eigenvalue weighted by molar-refractivity contribution is 8.00. The molecular weight excluding hydrogens is 212 g/mol. The summed E-state index contributed by atoms with van der Waals surface area (Å²) in [4.78, 5) is 12.1. The average Bonchev–Trinajstić information content (AvgIpc) is 2.13. The minimum Gasteiger partial charge on any atom is -0.398 e. The van der Waals surface area contributed by atoms with Crippen LogP contribution in [0.4, 0.5) is 5.69 Å². The van der Waals surface area contributed by atoms with Crippen LogP contribution in [0.3, 0.4) is 0 Å². The number of carbonyl (C=O) groups excluding carboxylic acids is 1. The second-order valence-electron chi connectivity index (χ2n) is 3.39. The number of thioether (sulfide) groups is 1. The quantitative estimate of drug-likeness (QED) is 0.746. The number of amides is 1. The van der Waals surface area contributed by atoms with E-state index in [1.165, 1.54) is 0 Å². The summed E-state index contributed by atoms with van der Waals surface area (Å²) in [5.74, 6) is -0.486. The van der Waals surface area contributed by atoms with Crippen molar-refractivity contribution in [2.75, 3.05) is 18.9 Å². The maximum absolute atomic E-state index is 11.1. The molecule has 0 bridgehead atoms. The number of benzene rings is 1. The third kappa shape index (κ3) is 2.24. The molecule has 1 fully saturated rings. The van der Waals surface area contributed by atoms with Crippen molar-refractivity contribution >= 4 is 23.4 Å². The fourth-order valence-electron chi connectivity index (χ4n) is 1.30. The predicted octanol–water partition coefficient (Wildman–Crippen LogP) is 0.859. The Kier molecular flexibility index (Phi) is 2.83. The zero-order valence-electron chi connectivity index (χ0n) is 8.10. The molecule has 15 heavy (non-hydrogen) atoms. The molecule has 0 spiro atoms. The Hall–Kier alpha value is -1.20. The number of hydrogen-bond acceptors (Lipinski definition) is 4. The van der Waals surface area contributed by atoms with E-state index in [0.29, 0.717) is 16.5 Å². The third-order valence-corrected chi connectivity index (χ3v) is 3.33. The zero-order valence-corrected chi connectivity index (χ0v) is 8.92. The van der Waals surface area contributed by atoms with Crippen LogP contribution in [0, 0.1) is 0 Å². The lowest BCUT2D eigenvalue weighted by atomic mass is 10.2. The van der Waals surface area contributed by atoms with Gasteiger partial charge in [-0.15, -0.1) is 11.8 Å². The number of primary amides is 1. The molecule has 0 aromatic heterocycles. The Bertz CT molecular complexity index is 391. The fraction of sp³-hybridized carbons (Fsp3) is 0.300. The smallest absolute Gasteiger partial charge is 0.250 e. The molecule has 1 aromatic carbocycles. The lowest BCUT2D eigenvalue weighted by Crippen LogP contribution is -2.30. The molecule has 0 radical (unpaired) electrons. The van der Waals surface area contributed by atoms with Gasteiger partial charge in [0.05, 0.1) is 24.0 Å². The van der Waals surface area contributed by atoms with Crippen LogP contribution in [-0.2, 0) is 4.74 Å². The second-order valence-corrected chi connectivity index (χ2v) is 4.76. The van der Waals surface area contributed by atoms with E-state index >= 15 is 0 Å². The zero-order chi connectivity index (χ0) is 10.8. The standard InChI is InChI=1S/C10H12N2O2S/c11-9-2-1-6(3-8(9)10(12)13)15-7-4-14-5-7/h1-3,7H,4-5,11H2,(H2,12,13). The molecule has 1 aromatic rings. The number of carbonyl (C=O) groups is 1. The van der Waals surface area contributed by atoms with E-state index in [4.69, 9.17) is 16.2 Å². The van der Waals surface area contributed by atoms with Gasteiger partial charge >= 0.3 is 0 Å². The molecule has 0 aliphatic carbocycles. The summed E-state index contributed by atoms with van der Waals surface area (Å²) in [6, 6.07) is 5.34. The Balaban J connectivity index is 2.17. The lowest BCUT2D eigenvalue weighted by molar-refractivity contribution is 0.0455. The van der Waals surface area contributed by atoms with E-state index in [-0.39, 0.29) is 0 Å². The van der Waals surface area contributed by atoms with E-state index in [1.54, 1.807) is 23.9 Å². The number of anilines is 1. The normalized spacial score (nSPS) is 16.0. The summed E-state index contributed by atoms with van der Waals surface area (Å²) in [5.41, 5.74) is 11.7. The van der Waals surface area contributed by atoms with E-state index < -0.39 is 5.91 Å². The summed E-state index contributed by atoms with van der Waals surface area (Å²) in [7, 11) is 0. The largest absolute Gasteiger partial charge is 0.398 e. The lowest BCUT2D eigenvalue weighted by Gasteiger charge is -2.25. The van der Waals surface area contributed by atoms with Gasteiger partial charge in [0.15, 0.2) is 0 Å². The van der Waals surface area contributed by atoms with Gasteiger partial charge in [0.2, 0.25) is 0 Å². The van der Waals surface area contributed by atoms with Crippen molar-refractivity contribution < 1.29 is 9.53 Å². The fourth-order valence-corrected chi connectivity index (χ4v) is 2.34. The van der Waals surface area contributed by atoms with Gasteiger partial charge in [-0.3, -0.25) is 4.79 Å². The Morgan fingerprint density at radius 1 is 1.47 bits per heavy atom. The van der Waals surface area contributed by atoms with Crippen molar-refractivity contribution in [3.63, 3.8) is 0 Å². The van der Waals surface area contributed by atoms with Crippen molar-refractivity contribution in [3.05, 3.63) is 23.8 Å². The molecule has 0 atom stereocenters. The predicted molar refractivity (Wildman–Crippen MR) is 59.8 cm³/mol. The molecular formula is C10H12N2O2S. The third-order valence-electron chi connectivity index (χ3n) is 2.20. The molecule has 1 saturated heterocycles. The van der Waals surface area contributed by atoms with E-state index in [0.717, 1.165) is 18.1 Å². The average molecular weight is 224 g/mol. The van der Waals surface area contributed by atoms with Crippen molar-refractivity contribution in [1.82, 2.24) is 0 Å². The summed E-state index contributed by atoms with van der Waals surface area (Å²) in [6.45, 7) is 1.53. The molecule has 4 N–H and O–H groups in total. The van der Waals surface area contributed by atoms with Gasteiger partial charge in [-0.2, -0.15) is 0 Å². The maximum atomic E-state index is 11.1. The topological polar surface area (TPSA) is 78.3 Å². The Labute approximate surface area is 92.0 Å². The van der Waals surface area contributed by atoms with Crippen molar-refractivity contribution in [2.45, 2.75) is 10.1 Å². The summed E-state index contributed by atoms with van der Waals surface area (Å²) >= 11 is 1.68. The number of nitrogen functional groups attached to an aromatic ring is 1. The molecule has 1 heterocycles. The SMILES string of the molecule is NC(=O)c1cc(SC2COC2)ccc1N. The van der Waals surface area contributed by atoms with Gasteiger partial charge in [-0.25, -0.2) is 0 Å². The van der Waals surface area contributed by atoms with Crippen LogP contribution in [0.15, 0.2) is 23.1 Å².